The summed E-state index contributed by atoms with van der Waals surface area (Å²) < 4.78 is 5.78. The molecule has 2 nitrogen and oxygen atoms in total. The van der Waals surface area contributed by atoms with Gasteiger partial charge in [0.05, 0.1) is 11.5 Å². The maximum absolute atomic E-state index is 9.57. The first-order chi connectivity index (χ1) is 9.31. The van der Waals surface area contributed by atoms with Gasteiger partial charge in [-0.1, -0.05) is 24.3 Å². The van der Waals surface area contributed by atoms with Crippen LogP contribution in [0.1, 0.15) is 16.9 Å². The molecular weight excluding hydrogens is 254 g/mol. The molecule has 2 heterocycles. The molecule has 0 fully saturated rings. The van der Waals surface area contributed by atoms with Gasteiger partial charge in [-0.05, 0) is 42.3 Å². The molecule has 96 valence electrons. The fourth-order valence-corrected chi connectivity index (χ4v) is 3.24. The topological polar surface area (TPSA) is 33.0 Å². The number of hydrogen-bond acceptors (Lipinski definition) is 3. The third-order valence-electron chi connectivity index (χ3n) is 3.67. The summed E-state index contributed by atoms with van der Waals surface area (Å²) in [6.07, 6.45) is 2.61. The summed E-state index contributed by atoms with van der Waals surface area (Å²) in [6, 6.07) is 14.7. The van der Waals surface area contributed by atoms with Crippen LogP contribution in [0, 0.1) is 16.7 Å². The first kappa shape index (κ1) is 12.3. The number of thiophene rings is 1. The fraction of sp³-hybridized carbons (Fsp3) is 0.312. The van der Waals surface area contributed by atoms with E-state index in [0.717, 1.165) is 30.6 Å². The van der Waals surface area contributed by atoms with Gasteiger partial charge in [-0.15, -0.1) is 11.3 Å². The summed E-state index contributed by atoms with van der Waals surface area (Å²) in [6.45, 7) is 0.506. The molecule has 3 rings (SSSR count). The Kier molecular flexibility index (Phi) is 3.27. The van der Waals surface area contributed by atoms with E-state index in [1.54, 1.807) is 11.3 Å². The highest BCUT2D eigenvalue weighted by Gasteiger charge is 2.35. The van der Waals surface area contributed by atoms with Gasteiger partial charge in [-0.3, -0.25) is 0 Å². The highest BCUT2D eigenvalue weighted by Crippen LogP contribution is 2.37. The summed E-state index contributed by atoms with van der Waals surface area (Å²) in [5.74, 6) is 0.935. The van der Waals surface area contributed by atoms with Crippen LogP contribution in [0.15, 0.2) is 41.8 Å². The van der Waals surface area contributed by atoms with Crippen LogP contribution < -0.4 is 4.74 Å². The molecule has 19 heavy (non-hydrogen) atoms. The first-order valence-electron chi connectivity index (χ1n) is 6.46. The number of hydrogen-bond donors (Lipinski definition) is 0. The van der Waals surface area contributed by atoms with Crippen molar-refractivity contribution in [2.45, 2.75) is 19.3 Å². The fourth-order valence-electron chi connectivity index (χ4n) is 2.53. The highest BCUT2D eigenvalue weighted by atomic mass is 32.1. The standard InChI is InChI=1S/C16H15NOS/c17-11-16(8-7-14-5-3-9-19-14)10-13-4-1-2-6-15(13)18-12-16/h1-6,9H,7-8,10,12H2. The molecule has 3 heteroatoms. The van der Waals surface area contributed by atoms with Crippen LogP contribution in [-0.2, 0) is 12.8 Å². The molecule has 1 aromatic carbocycles. The Balaban J connectivity index is 1.77. The normalized spacial score (nSPS) is 21.2. The number of rotatable bonds is 3. The molecule has 1 aliphatic rings. The van der Waals surface area contributed by atoms with E-state index in [-0.39, 0.29) is 5.41 Å². The van der Waals surface area contributed by atoms with Gasteiger partial charge < -0.3 is 4.74 Å². The second-order valence-corrected chi connectivity index (χ2v) is 6.08. The lowest BCUT2D eigenvalue weighted by Crippen LogP contribution is -2.34. The van der Waals surface area contributed by atoms with Crippen LogP contribution in [0.25, 0.3) is 0 Å². The summed E-state index contributed by atoms with van der Waals surface area (Å²) in [5.41, 5.74) is 0.778. The van der Waals surface area contributed by atoms with E-state index in [9.17, 15) is 5.26 Å². The van der Waals surface area contributed by atoms with Crippen LogP contribution >= 0.6 is 11.3 Å². The quantitative estimate of drug-likeness (QED) is 0.848. The van der Waals surface area contributed by atoms with E-state index in [1.807, 2.05) is 18.2 Å². The SMILES string of the molecule is N#CC1(CCc2cccs2)COc2ccccc2C1. The largest absolute Gasteiger partial charge is 0.492 e. The van der Waals surface area contributed by atoms with Crippen LogP contribution in [-0.4, -0.2) is 6.61 Å². The predicted octanol–water partition coefficient (Wildman–Crippen LogP) is 3.83. The maximum Gasteiger partial charge on any atom is 0.122 e. The zero-order valence-electron chi connectivity index (χ0n) is 10.6. The number of benzene rings is 1. The second-order valence-electron chi connectivity index (χ2n) is 5.04. The lowest BCUT2D eigenvalue weighted by atomic mass is 9.78. The van der Waals surface area contributed by atoms with Crippen molar-refractivity contribution in [1.29, 1.82) is 5.26 Å². The van der Waals surface area contributed by atoms with Crippen molar-refractivity contribution in [2.75, 3.05) is 6.61 Å². The van der Waals surface area contributed by atoms with Crippen molar-refractivity contribution in [2.24, 2.45) is 5.41 Å². The summed E-state index contributed by atoms with van der Waals surface area (Å²) >= 11 is 1.76. The van der Waals surface area contributed by atoms with Crippen molar-refractivity contribution >= 4 is 11.3 Å². The van der Waals surface area contributed by atoms with Gasteiger partial charge in [0.1, 0.15) is 12.4 Å². The molecular formula is C16H15NOS. The smallest absolute Gasteiger partial charge is 0.122 e. The molecule has 2 aromatic rings. The minimum absolute atomic E-state index is 0.377. The van der Waals surface area contributed by atoms with Gasteiger partial charge in [-0.25, -0.2) is 0 Å². The zero-order valence-corrected chi connectivity index (χ0v) is 11.5. The van der Waals surface area contributed by atoms with Gasteiger partial charge in [0.25, 0.3) is 0 Å². The number of para-hydroxylation sites is 1. The Morgan fingerprint density at radius 3 is 2.95 bits per heavy atom. The molecule has 0 saturated carbocycles. The van der Waals surface area contributed by atoms with Crippen LogP contribution in [0.3, 0.4) is 0 Å². The van der Waals surface area contributed by atoms with Gasteiger partial charge >= 0.3 is 0 Å². The number of aryl methyl sites for hydroxylation is 1. The Morgan fingerprint density at radius 2 is 2.16 bits per heavy atom. The molecule has 1 unspecified atom stereocenters. The lowest BCUT2D eigenvalue weighted by molar-refractivity contribution is 0.161. The lowest BCUT2D eigenvalue weighted by Gasteiger charge is -2.32. The van der Waals surface area contributed by atoms with Gasteiger partial charge in [0.2, 0.25) is 0 Å². The average molecular weight is 269 g/mol. The van der Waals surface area contributed by atoms with Gasteiger partial charge in [-0.2, -0.15) is 5.26 Å². The molecule has 0 radical (unpaired) electrons. The van der Waals surface area contributed by atoms with E-state index in [2.05, 4.69) is 29.6 Å². The molecule has 0 aliphatic carbocycles. The Morgan fingerprint density at radius 1 is 1.26 bits per heavy atom. The van der Waals surface area contributed by atoms with Crippen molar-refractivity contribution in [1.82, 2.24) is 0 Å². The number of nitriles is 1. The van der Waals surface area contributed by atoms with E-state index in [1.165, 1.54) is 4.88 Å². The van der Waals surface area contributed by atoms with Crippen molar-refractivity contribution in [3.63, 3.8) is 0 Å². The number of nitrogens with zero attached hydrogens (tertiary/aromatic N) is 1. The predicted molar refractivity (Wildman–Crippen MR) is 76.3 cm³/mol. The van der Waals surface area contributed by atoms with Gasteiger partial charge in [0.15, 0.2) is 0 Å². The van der Waals surface area contributed by atoms with Crippen LogP contribution in [0.4, 0.5) is 0 Å². The molecule has 0 saturated heterocycles. The molecule has 0 bridgehead atoms. The van der Waals surface area contributed by atoms with E-state index < -0.39 is 0 Å². The maximum atomic E-state index is 9.57. The molecule has 1 aromatic heterocycles. The van der Waals surface area contributed by atoms with Crippen molar-refractivity contribution in [3.8, 4) is 11.8 Å². The second kappa shape index (κ2) is 5.07. The Labute approximate surface area is 117 Å². The van der Waals surface area contributed by atoms with E-state index in [0.29, 0.717) is 6.61 Å². The molecule has 0 N–H and O–H groups in total. The first-order valence-corrected chi connectivity index (χ1v) is 7.34. The summed E-state index contributed by atoms with van der Waals surface area (Å²) in [7, 11) is 0. The van der Waals surface area contributed by atoms with Gasteiger partial charge in [0, 0.05) is 4.88 Å². The molecule has 0 spiro atoms. The minimum Gasteiger partial charge on any atom is -0.492 e. The van der Waals surface area contributed by atoms with E-state index in [4.69, 9.17) is 4.74 Å². The third-order valence-corrected chi connectivity index (χ3v) is 4.61. The van der Waals surface area contributed by atoms with Crippen molar-refractivity contribution in [3.05, 3.63) is 52.2 Å². The Hall–Kier alpha value is -1.79. The number of fused-ring (bicyclic) bond motifs is 1. The monoisotopic (exact) mass is 269 g/mol. The summed E-state index contributed by atoms with van der Waals surface area (Å²) in [4.78, 5) is 1.34. The number of ether oxygens (including phenoxy) is 1. The van der Waals surface area contributed by atoms with Crippen LogP contribution in [0.2, 0.25) is 0 Å². The molecule has 1 atom stereocenters. The molecule has 0 amide bonds. The van der Waals surface area contributed by atoms with E-state index >= 15 is 0 Å². The molecule has 1 aliphatic heterocycles. The van der Waals surface area contributed by atoms with Crippen LogP contribution in [0.5, 0.6) is 5.75 Å². The minimum atomic E-state index is -0.377. The highest BCUT2D eigenvalue weighted by molar-refractivity contribution is 7.09. The summed E-state index contributed by atoms with van der Waals surface area (Å²) in [5, 5.41) is 11.7. The zero-order chi connectivity index (χ0) is 13.1. The third kappa shape index (κ3) is 2.50. The van der Waals surface area contributed by atoms with Crippen molar-refractivity contribution < 1.29 is 4.74 Å². The average Bonchev–Trinajstić information content (AvgIpc) is 2.98. The Bertz CT molecular complexity index is 599.